The predicted octanol–water partition coefficient (Wildman–Crippen LogP) is 9.71. The summed E-state index contributed by atoms with van der Waals surface area (Å²) in [6, 6.07) is 17.2. The lowest BCUT2D eigenvalue weighted by Crippen LogP contribution is -2.34. The van der Waals surface area contributed by atoms with Crippen LogP contribution in [0, 0.1) is 20.8 Å². The van der Waals surface area contributed by atoms with Gasteiger partial charge in [0.25, 0.3) is 11.8 Å². The van der Waals surface area contributed by atoms with Crippen molar-refractivity contribution in [2.75, 3.05) is 0 Å². The maximum Gasteiger partial charge on any atom is 0.459 e. The number of alkyl halides is 10. The molecular weight excluding hydrogens is 903 g/mol. The number of amides is 2. The number of carbonyl (C=O) groups is 2. The highest BCUT2D eigenvalue weighted by molar-refractivity contribution is 5.97. The van der Waals surface area contributed by atoms with Crippen LogP contribution >= 0.6 is 0 Å². The van der Waals surface area contributed by atoms with Gasteiger partial charge >= 0.3 is 24.2 Å². The second kappa shape index (κ2) is 18.4. The molecule has 0 atom stereocenters. The zero-order chi connectivity index (χ0) is 48.5. The van der Waals surface area contributed by atoms with Gasteiger partial charge in [-0.3, -0.25) is 29.5 Å². The molecule has 0 aliphatic heterocycles. The summed E-state index contributed by atoms with van der Waals surface area (Å²) in [5, 5.41) is 12.4. The fraction of sp³-hybridized carbons (Fsp3) is 0.244. The van der Waals surface area contributed by atoms with Gasteiger partial charge < -0.3 is 10.6 Å². The summed E-state index contributed by atoms with van der Waals surface area (Å²) in [6.45, 7) is 5.53. The van der Waals surface area contributed by atoms with Crippen molar-refractivity contribution in [3.05, 3.63) is 155 Å². The Kier molecular flexibility index (Phi) is 13.0. The minimum atomic E-state index is -5.80. The molecule has 1 aliphatic carbocycles. The quantitative estimate of drug-likeness (QED) is 0.122. The van der Waals surface area contributed by atoms with E-state index in [9.17, 15) is 53.5 Å². The van der Waals surface area contributed by atoms with Crippen LogP contribution < -0.4 is 10.6 Å². The summed E-state index contributed by atoms with van der Waals surface area (Å²) in [6.07, 6.45) is -1.57. The summed E-state index contributed by atoms with van der Waals surface area (Å²) in [4.78, 5) is 42.4. The van der Waals surface area contributed by atoms with E-state index in [4.69, 9.17) is 0 Å². The van der Waals surface area contributed by atoms with Gasteiger partial charge in [-0.2, -0.15) is 54.1 Å². The van der Waals surface area contributed by atoms with E-state index in [2.05, 4.69) is 40.8 Å². The number of hydrogen-bond acceptors (Lipinski definition) is 8. The Balaban J connectivity index is 0.000000201. The molecule has 0 saturated heterocycles. The third kappa shape index (κ3) is 11.0. The van der Waals surface area contributed by atoms with Crippen LogP contribution in [0.3, 0.4) is 0 Å². The van der Waals surface area contributed by atoms with Gasteiger partial charge in [-0.1, -0.05) is 12.1 Å². The second-order valence-corrected chi connectivity index (χ2v) is 15.5. The van der Waals surface area contributed by atoms with Crippen LogP contribution in [0.25, 0.3) is 33.9 Å². The SMILES string of the molecule is Cc1ccc(-c2cc(C(=O)NC3CC3)cc(-n3ccc(C(F)(F)C(F)(F)F)n3)c2)nc1.Cc1ccc(-c2cc(C(=O)NCc3cnc(C)cn3)cc(-n3ccc(C(F)(F)C(F)(F)F)n3)c2)nc1. The van der Waals surface area contributed by atoms with Gasteiger partial charge in [-0.15, -0.1) is 0 Å². The van der Waals surface area contributed by atoms with E-state index in [0.717, 1.165) is 45.7 Å². The van der Waals surface area contributed by atoms with Crippen LogP contribution in [0.15, 0.2) is 110 Å². The summed E-state index contributed by atoms with van der Waals surface area (Å²) in [7, 11) is 0. The standard InChI is InChI=1S/C24H19F5N6O.C21H17F5N4O/c1-14-3-4-20(32-10-14)16-7-17(22(36)33-13-18-12-30-15(2)11-31-18)9-19(8-16)35-6-5-21(34-35)23(25,26)24(27,28)29;1-12-2-5-17(27-11-12)13-8-14(19(31)28-15-3-4-15)10-16(9-13)30-7-6-18(29-30)20(22,23)21(24,25)26/h3-12H,13H2,1-2H3,(H,33,36);2,5-11,15H,3-4H2,1H3,(H,28,31). The first kappa shape index (κ1) is 47.4. The van der Waals surface area contributed by atoms with Crippen LogP contribution in [-0.4, -0.2) is 69.7 Å². The molecule has 2 N–H and O–H groups in total. The van der Waals surface area contributed by atoms with E-state index >= 15 is 0 Å². The monoisotopic (exact) mass is 938 g/mol. The van der Waals surface area contributed by atoms with Gasteiger partial charge in [0.15, 0.2) is 0 Å². The van der Waals surface area contributed by atoms with Crippen molar-refractivity contribution in [3.63, 3.8) is 0 Å². The van der Waals surface area contributed by atoms with Crippen LogP contribution in [-0.2, 0) is 18.4 Å². The molecule has 0 unspecified atom stereocenters. The minimum Gasteiger partial charge on any atom is -0.349 e. The van der Waals surface area contributed by atoms with Gasteiger partial charge in [0.2, 0.25) is 0 Å². The molecular formula is C45H36F10N10O2. The van der Waals surface area contributed by atoms with E-state index in [0.29, 0.717) is 46.0 Å². The highest BCUT2D eigenvalue weighted by Crippen LogP contribution is 2.44. The predicted molar refractivity (Wildman–Crippen MR) is 221 cm³/mol. The molecule has 2 amide bonds. The number of aryl methyl sites for hydroxylation is 3. The number of halogens is 10. The second-order valence-electron chi connectivity index (χ2n) is 15.5. The summed E-state index contributed by atoms with van der Waals surface area (Å²) in [5.74, 6) is -11.1. The molecule has 5 heterocycles. The van der Waals surface area contributed by atoms with Crippen molar-refractivity contribution in [3.8, 4) is 33.9 Å². The lowest BCUT2D eigenvalue weighted by molar-refractivity contribution is -0.291. The van der Waals surface area contributed by atoms with Crippen molar-refractivity contribution < 1.29 is 53.5 Å². The van der Waals surface area contributed by atoms with E-state index in [1.165, 1.54) is 36.5 Å². The molecule has 1 saturated carbocycles. The molecule has 0 bridgehead atoms. The van der Waals surface area contributed by atoms with E-state index in [1.807, 2.05) is 19.9 Å². The molecule has 67 heavy (non-hydrogen) atoms. The Labute approximate surface area is 374 Å². The number of rotatable bonds is 11. The Morgan fingerprint density at radius 3 is 1.46 bits per heavy atom. The number of hydrogen-bond donors (Lipinski definition) is 2. The van der Waals surface area contributed by atoms with Crippen molar-refractivity contribution in [2.45, 2.75) is 70.4 Å². The molecule has 8 rings (SSSR count). The van der Waals surface area contributed by atoms with Gasteiger partial charge in [0.05, 0.1) is 46.9 Å². The molecule has 0 spiro atoms. The van der Waals surface area contributed by atoms with Gasteiger partial charge in [-0.25, -0.2) is 9.36 Å². The molecule has 1 fully saturated rings. The first-order valence-electron chi connectivity index (χ1n) is 20.0. The number of carbonyl (C=O) groups excluding carboxylic acids is 2. The number of benzene rings is 2. The average Bonchev–Trinajstić information content (AvgIpc) is 3.70. The fourth-order valence-corrected chi connectivity index (χ4v) is 6.16. The fourth-order valence-electron chi connectivity index (χ4n) is 6.16. The third-order valence-corrected chi connectivity index (χ3v) is 10.0. The van der Waals surface area contributed by atoms with Crippen molar-refractivity contribution in [1.82, 2.24) is 50.1 Å². The van der Waals surface area contributed by atoms with Crippen LogP contribution in [0.4, 0.5) is 43.9 Å². The van der Waals surface area contributed by atoms with E-state index in [-0.39, 0.29) is 41.0 Å². The first-order chi connectivity index (χ1) is 31.5. The Bertz CT molecular complexity index is 2890. The number of nitrogens with one attached hydrogen (secondary N) is 2. The Hall–Kier alpha value is -7.52. The molecule has 1 aliphatic rings. The van der Waals surface area contributed by atoms with E-state index < -0.39 is 41.5 Å². The third-order valence-electron chi connectivity index (χ3n) is 10.0. The largest absolute Gasteiger partial charge is 0.459 e. The van der Waals surface area contributed by atoms with E-state index in [1.54, 1.807) is 49.8 Å². The van der Waals surface area contributed by atoms with Crippen LogP contribution in [0.1, 0.15) is 67.5 Å². The van der Waals surface area contributed by atoms with Crippen LogP contribution in [0.2, 0.25) is 0 Å². The summed E-state index contributed by atoms with van der Waals surface area (Å²) >= 11 is 0. The molecule has 2 aromatic carbocycles. The zero-order valence-electron chi connectivity index (χ0n) is 35.3. The molecule has 348 valence electrons. The minimum absolute atomic E-state index is 0.0676. The number of aromatic nitrogens is 8. The molecule has 12 nitrogen and oxygen atoms in total. The van der Waals surface area contributed by atoms with Gasteiger partial charge in [0, 0.05) is 59.3 Å². The van der Waals surface area contributed by atoms with Gasteiger partial charge in [-0.05, 0) is 105 Å². The Morgan fingerprint density at radius 1 is 0.582 bits per heavy atom. The normalized spacial score (nSPS) is 13.1. The lowest BCUT2D eigenvalue weighted by atomic mass is 10.0. The van der Waals surface area contributed by atoms with Gasteiger partial charge in [0.1, 0.15) is 11.4 Å². The molecule has 5 aromatic heterocycles. The number of pyridine rings is 2. The molecule has 7 aromatic rings. The topological polar surface area (TPSA) is 145 Å². The highest BCUT2D eigenvalue weighted by atomic mass is 19.4. The average molecular weight is 939 g/mol. The smallest absolute Gasteiger partial charge is 0.349 e. The number of nitrogens with zero attached hydrogens (tertiary/aromatic N) is 8. The zero-order valence-corrected chi connectivity index (χ0v) is 35.3. The lowest BCUT2D eigenvalue weighted by Gasteiger charge is -2.17. The maximum absolute atomic E-state index is 13.8. The van der Waals surface area contributed by atoms with Crippen molar-refractivity contribution in [2.24, 2.45) is 0 Å². The van der Waals surface area contributed by atoms with Crippen LogP contribution in [0.5, 0.6) is 0 Å². The molecule has 22 heteroatoms. The first-order valence-corrected chi connectivity index (χ1v) is 20.0. The molecule has 0 radical (unpaired) electrons. The summed E-state index contributed by atoms with van der Waals surface area (Å²) in [5.41, 5.74) is 2.64. The van der Waals surface area contributed by atoms with Crippen molar-refractivity contribution >= 4 is 11.8 Å². The summed E-state index contributed by atoms with van der Waals surface area (Å²) < 4.78 is 133. The highest BCUT2D eigenvalue weighted by Gasteiger charge is 2.61. The maximum atomic E-state index is 13.8. The van der Waals surface area contributed by atoms with Crippen molar-refractivity contribution in [1.29, 1.82) is 0 Å². The Morgan fingerprint density at radius 2 is 1.06 bits per heavy atom.